The molecular weight excluding hydrogens is 316 g/mol. The molecule has 0 bridgehead atoms. The van der Waals surface area contributed by atoms with Gasteiger partial charge in [0.15, 0.2) is 0 Å². The Balaban J connectivity index is 1.54. The van der Waals surface area contributed by atoms with Crippen LogP contribution in [0.25, 0.3) is 0 Å². The zero-order valence-electron chi connectivity index (χ0n) is 15.0. The molecule has 0 radical (unpaired) electrons. The van der Waals surface area contributed by atoms with Crippen molar-refractivity contribution >= 4 is 17.5 Å². The number of anilines is 1. The number of aryl methyl sites for hydroxylation is 3. The highest BCUT2D eigenvalue weighted by molar-refractivity contribution is 6.01. The molecule has 1 saturated heterocycles. The van der Waals surface area contributed by atoms with Crippen LogP contribution >= 0.6 is 0 Å². The summed E-state index contributed by atoms with van der Waals surface area (Å²) in [6, 6.07) is 7.45. The van der Waals surface area contributed by atoms with Crippen LogP contribution in [0.4, 0.5) is 5.69 Å². The molecule has 0 aliphatic carbocycles. The maximum absolute atomic E-state index is 12.6. The molecule has 25 heavy (non-hydrogen) atoms. The summed E-state index contributed by atoms with van der Waals surface area (Å²) in [7, 11) is 1.88. The first-order valence-corrected chi connectivity index (χ1v) is 8.60. The second-order valence-corrected chi connectivity index (χ2v) is 6.61. The normalized spacial score (nSPS) is 17.2. The number of nitrogens with zero attached hydrogens (tertiary/aromatic N) is 3. The zero-order valence-corrected chi connectivity index (χ0v) is 15.0. The Morgan fingerprint density at radius 3 is 2.64 bits per heavy atom. The van der Waals surface area contributed by atoms with E-state index in [-0.39, 0.29) is 11.8 Å². The van der Waals surface area contributed by atoms with Crippen molar-refractivity contribution in [2.75, 3.05) is 11.4 Å². The maximum Gasteiger partial charge on any atom is 0.249 e. The minimum atomic E-state index is -0.427. The molecule has 1 fully saturated rings. The molecule has 2 amide bonds. The number of nitrogens with one attached hydrogen (secondary N) is 1. The third-order valence-corrected chi connectivity index (χ3v) is 4.84. The van der Waals surface area contributed by atoms with Crippen LogP contribution in [-0.2, 0) is 23.1 Å². The van der Waals surface area contributed by atoms with Crippen LogP contribution in [0.3, 0.4) is 0 Å². The fourth-order valence-electron chi connectivity index (χ4n) is 3.10. The summed E-state index contributed by atoms with van der Waals surface area (Å²) in [5.74, 6) is -0.123. The quantitative estimate of drug-likeness (QED) is 0.904. The topological polar surface area (TPSA) is 67.2 Å². The van der Waals surface area contributed by atoms with Gasteiger partial charge in [-0.25, -0.2) is 0 Å². The van der Waals surface area contributed by atoms with Gasteiger partial charge in [0.1, 0.15) is 6.04 Å². The van der Waals surface area contributed by atoms with E-state index >= 15 is 0 Å². The monoisotopic (exact) mass is 340 g/mol. The highest BCUT2D eigenvalue weighted by atomic mass is 16.2. The number of carbonyl (C=O) groups excluding carboxylic acids is 2. The van der Waals surface area contributed by atoms with Crippen molar-refractivity contribution in [3.8, 4) is 0 Å². The first-order valence-electron chi connectivity index (χ1n) is 8.60. The Bertz CT molecular complexity index is 779. The van der Waals surface area contributed by atoms with E-state index in [9.17, 15) is 9.59 Å². The highest BCUT2D eigenvalue weighted by Gasteiger charge is 2.33. The van der Waals surface area contributed by atoms with Crippen LogP contribution in [0.5, 0.6) is 0 Å². The van der Waals surface area contributed by atoms with E-state index in [1.54, 1.807) is 15.8 Å². The number of rotatable bonds is 5. The molecule has 1 N–H and O–H groups in total. The number of hydrogen-bond acceptors (Lipinski definition) is 3. The molecule has 1 aliphatic heterocycles. The summed E-state index contributed by atoms with van der Waals surface area (Å²) >= 11 is 0. The second-order valence-electron chi connectivity index (χ2n) is 6.61. The lowest BCUT2D eigenvalue weighted by atomic mass is 10.1. The van der Waals surface area contributed by atoms with Crippen molar-refractivity contribution in [3.05, 3.63) is 47.3 Å². The number of amides is 2. The van der Waals surface area contributed by atoms with Gasteiger partial charge < -0.3 is 10.2 Å². The van der Waals surface area contributed by atoms with Crippen LogP contribution in [0, 0.1) is 13.8 Å². The predicted octanol–water partition coefficient (Wildman–Crippen LogP) is 1.89. The summed E-state index contributed by atoms with van der Waals surface area (Å²) in [6.45, 7) is 4.64. The lowest BCUT2D eigenvalue weighted by molar-refractivity contribution is -0.126. The summed E-state index contributed by atoms with van der Waals surface area (Å²) in [4.78, 5) is 26.5. The van der Waals surface area contributed by atoms with Crippen molar-refractivity contribution in [1.29, 1.82) is 0 Å². The predicted molar refractivity (Wildman–Crippen MR) is 96.3 cm³/mol. The maximum atomic E-state index is 12.6. The van der Waals surface area contributed by atoms with Crippen LogP contribution < -0.4 is 10.2 Å². The summed E-state index contributed by atoms with van der Waals surface area (Å²) in [5, 5.41) is 7.06. The van der Waals surface area contributed by atoms with Crippen molar-refractivity contribution in [2.45, 2.75) is 39.2 Å². The summed E-state index contributed by atoms with van der Waals surface area (Å²) in [6.07, 6.45) is 3.43. The molecule has 1 aliphatic rings. The van der Waals surface area contributed by atoms with Crippen LogP contribution in [0.15, 0.2) is 30.5 Å². The average molecular weight is 340 g/mol. The van der Waals surface area contributed by atoms with Gasteiger partial charge in [0.25, 0.3) is 0 Å². The van der Waals surface area contributed by atoms with Gasteiger partial charge in [-0.2, -0.15) is 5.10 Å². The van der Waals surface area contributed by atoms with E-state index < -0.39 is 6.04 Å². The first kappa shape index (κ1) is 17.2. The Morgan fingerprint density at radius 2 is 2.00 bits per heavy atom. The van der Waals surface area contributed by atoms with Crippen LogP contribution in [0.2, 0.25) is 0 Å². The summed E-state index contributed by atoms with van der Waals surface area (Å²) in [5.41, 5.74) is 4.18. The van der Waals surface area contributed by atoms with Gasteiger partial charge in [0, 0.05) is 31.4 Å². The van der Waals surface area contributed by atoms with Gasteiger partial charge in [-0.15, -0.1) is 0 Å². The minimum absolute atomic E-state index is 0.0326. The van der Waals surface area contributed by atoms with E-state index in [1.165, 1.54) is 0 Å². The lowest BCUT2D eigenvalue weighted by Crippen LogP contribution is -2.41. The van der Waals surface area contributed by atoms with Gasteiger partial charge in [-0.05, 0) is 44.4 Å². The Morgan fingerprint density at radius 1 is 1.28 bits per heavy atom. The van der Waals surface area contributed by atoms with E-state index in [0.717, 1.165) is 22.5 Å². The molecule has 2 heterocycles. The van der Waals surface area contributed by atoms with Crippen molar-refractivity contribution in [1.82, 2.24) is 15.1 Å². The molecular formula is C19H24N4O2. The SMILES string of the molecule is Cc1ccc(N2CCC(NC(=O)CCc3cnn(C)c3C)C2=O)cc1. The second kappa shape index (κ2) is 7.09. The first-order chi connectivity index (χ1) is 12.0. The molecule has 1 atom stereocenters. The largest absolute Gasteiger partial charge is 0.344 e. The molecule has 6 nitrogen and oxygen atoms in total. The number of benzene rings is 1. The van der Waals surface area contributed by atoms with E-state index in [2.05, 4.69) is 10.4 Å². The molecule has 132 valence electrons. The minimum Gasteiger partial charge on any atom is -0.344 e. The van der Waals surface area contributed by atoms with Crippen molar-refractivity contribution in [3.63, 3.8) is 0 Å². The highest BCUT2D eigenvalue weighted by Crippen LogP contribution is 2.22. The molecule has 3 rings (SSSR count). The molecule has 0 spiro atoms. The third-order valence-electron chi connectivity index (χ3n) is 4.84. The number of aromatic nitrogens is 2. The smallest absolute Gasteiger partial charge is 0.249 e. The van der Waals surface area contributed by atoms with Gasteiger partial charge in [-0.1, -0.05) is 17.7 Å². The van der Waals surface area contributed by atoms with E-state index in [1.807, 2.05) is 45.2 Å². The van der Waals surface area contributed by atoms with Crippen LogP contribution in [0.1, 0.15) is 29.7 Å². The molecule has 1 aromatic heterocycles. The Hall–Kier alpha value is -2.63. The molecule has 1 unspecified atom stereocenters. The Labute approximate surface area is 147 Å². The molecule has 6 heteroatoms. The Kier molecular flexibility index (Phi) is 4.88. The van der Waals surface area contributed by atoms with Gasteiger partial charge >= 0.3 is 0 Å². The van der Waals surface area contributed by atoms with Crippen LogP contribution in [-0.4, -0.2) is 34.2 Å². The van der Waals surface area contributed by atoms with E-state index in [4.69, 9.17) is 0 Å². The van der Waals surface area contributed by atoms with Crippen molar-refractivity contribution in [2.24, 2.45) is 7.05 Å². The number of carbonyl (C=O) groups is 2. The average Bonchev–Trinajstić information content (AvgIpc) is 3.11. The lowest BCUT2D eigenvalue weighted by Gasteiger charge is -2.17. The van der Waals surface area contributed by atoms with Gasteiger partial charge in [-0.3, -0.25) is 14.3 Å². The zero-order chi connectivity index (χ0) is 18.0. The standard InChI is InChI=1S/C19H24N4O2/c1-13-4-7-16(8-5-13)23-11-10-17(19(23)25)21-18(24)9-6-15-12-20-22(3)14(15)2/h4-5,7-8,12,17H,6,9-11H2,1-3H3,(H,21,24). The fraction of sp³-hybridized carbons (Fsp3) is 0.421. The van der Waals surface area contributed by atoms with Gasteiger partial charge in [0.2, 0.25) is 11.8 Å². The molecule has 1 aromatic carbocycles. The molecule has 0 saturated carbocycles. The number of hydrogen-bond donors (Lipinski definition) is 1. The van der Waals surface area contributed by atoms with Gasteiger partial charge in [0.05, 0.1) is 6.20 Å². The molecule has 2 aromatic rings. The third kappa shape index (κ3) is 3.73. The van der Waals surface area contributed by atoms with E-state index in [0.29, 0.717) is 25.8 Å². The fourth-order valence-corrected chi connectivity index (χ4v) is 3.10. The van der Waals surface area contributed by atoms with Crippen molar-refractivity contribution < 1.29 is 9.59 Å². The summed E-state index contributed by atoms with van der Waals surface area (Å²) < 4.78 is 1.80.